The summed E-state index contributed by atoms with van der Waals surface area (Å²) in [5.74, 6) is 2.10. The molecule has 1 aliphatic rings. The van der Waals surface area contributed by atoms with Crippen molar-refractivity contribution in [3.05, 3.63) is 28.8 Å². The van der Waals surface area contributed by atoms with Crippen LogP contribution in [0, 0.1) is 0 Å². The van der Waals surface area contributed by atoms with Crippen molar-refractivity contribution in [2.75, 3.05) is 12.9 Å². The number of rotatable bonds is 4. The Bertz CT molecular complexity index is 418. The lowest BCUT2D eigenvalue weighted by atomic mass is 9.91. The molecule has 18 heavy (non-hydrogen) atoms. The molecule has 100 valence electrons. The fraction of sp³-hybridized carbons (Fsp3) is 0.571. The average Bonchev–Trinajstić information content (AvgIpc) is 2.78. The Kier molecular flexibility index (Phi) is 4.46. The van der Waals surface area contributed by atoms with Gasteiger partial charge in [-0.25, -0.2) is 0 Å². The maximum absolute atomic E-state index is 6.40. The number of hydrogen-bond donors (Lipinski definition) is 1. The number of hydrogen-bond acceptors (Lipinski definition) is 3. The fourth-order valence-corrected chi connectivity index (χ4v) is 3.99. The maximum atomic E-state index is 6.40. The number of thioether (sulfide) groups is 1. The van der Waals surface area contributed by atoms with E-state index < -0.39 is 0 Å². The monoisotopic (exact) mass is 285 g/mol. The van der Waals surface area contributed by atoms with Gasteiger partial charge in [0.25, 0.3) is 0 Å². The Balaban J connectivity index is 2.15. The summed E-state index contributed by atoms with van der Waals surface area (Å²) in [6.45, 7) is 2.27. The minimum absolute atomic E-state index is 0.136. The molecule has 1 aliphatic heterocycles. The third-order valence-corrected chi connectivity index (χ3v) is 5.61. The van der Waals surface area contributed by atoms with Crippen LogP contribution in [0.15, 0.2) is 18.2 Å². The zero-order chi connectivity index (χ0) is 13.2. The van der Waals surface area contributed by atoms with E-state index in [2.05, 4.69) is 6.92 Å². The normalized spacial score (nSPS) is 25.1. The molecule has 0 amide bonds. The van der Waals surface area contributed by atoms with Gasteiger partial charge in [0.05, 0.1) is 7.11 Å². The third kappa shape index (κ3) is 2.95. The Morgan fingerprint density at radius 1 is 1.56 bits per heavy atom. The predicted molar refractivity (Wildman–Crippen MR) is 79.8 cm³/mol. The summed E-state index contributed by atoms with van der Waals surface area (Å²) in [6, 6.07) is 5.86. The van der Waals surface area contributed by atoms with Gasteiger partial charge in [0.15, 0.2) is 0 Å². The molecule has 2 unspecified atom stereocenters. The number of methoxy groups -OCH3 is 1. The predicted octanol–water partition coefficient (Wildman–Crippen LogP) is 3.50. The minimum Gasteiger partial charge on any atom is -0.496 e. The highest BCUT2D eigenvalue weighted by atomic mass is 35.5. The van der Waals surface area contributed by atoms with Gasteiger partial charge >= 0.3 is 0 Å². The molecular weight excluding hydrogens is 266 g/mol. The molecule has 0 spiro atoms. The van der Waals surface area contributed by atoms with Gasteiger partial charge in [0, 0.05) is 15.8 Å². The Morgan fingerprint density at radius 2 is 2.33 bits per heavy atom. The van der Waals surface area contributed by atoms with Crippen LogP contribution in [0.1, 0.15) is 25.3 Å². The van der Waals surface area contributed by atoms with Gasteiger partial charge in [-0.2, -0.15) is 11.8 Å². The van der Waals surface area contributed by atoms with Gasteiger partial charge in [-0.15, -0.1) is 0 Å². The second-order valence-corrected chi connectivity index (χ2v) is 7.10. The van der Waals surface area contributed by atoms with E-state index in [1.54, 1.807) is 7.11 Å². The van der Waals surface area contributed by atoms with Crippen LogP contribution >= 0.6 is 23.4 Å². The van der Waals surface area contributed by atoms with Gasteiger partial charge in [-0.1, -0.05) is 11.6 Å². The van der Waals surface area contributed by atoms with Crippen LogP contribution in [0.5, 0.6) is 5.75 Å². The number of nitrogens with two attached hydrogens (primary N) is 1. The van der Waals surface area contributed by atoms with E-state index in [9.17, 15) is 0 Å². The van der Waals surface area contributed by atoms with E-state index in [0.717, 1.165) is 22.8 Å². The Morgan fingerprint density at radius 3 is 2.94 bits per heavy atom. The first-order valence-electron chi connectivity index (χ1n) is 6.27. The van der Waals surface area contributed by atoms with Crippen molar-refractivity contribution in [1.82, 2.24) is 0 Å². The van der Waals surface area contributed by atoms with Crippen molar-refractivity contribution in [1.29, 1.82) is 0 Å². The summed E-state index contributed by atoms with van der Waals surface area (Å²) < 4.78 is 5.56. The molecule has 2 N–H and O–H groups in total. The number of benzene rings is 1. The highest BCUT2D eigenvalue weighted by Gasteiger charge is 2.35. The SMILES string of the molecule is COc1ccc(Cl)cc1CC(N)C1(C)CCCS1. The molecule has 0 aliphatic carbocycles. The van der Waals surface area contributed by atoms with Crippen LogP contribution in [0.3, 0.4) is 0 Å². The molecule has 1 fully saturated rings. The van der Waals surface area contributed by atoms with E-state index in [1.807, 2.05) is 30.0 Å². The highest BCUT2D eigenvalue weighted by molar-refractivity contribution is 8.00. The average molecular weight is 286 g/mol. The van der Waals surface area contributed by atoms with E-state index in [-0.39, 0.29) is 10.8 Å². The first-order chi connectivity index (χ1) is 8.55. The zero-order valence-corrected chi connectivity index (χ0v) is 12.5. The van der Waals surface area contributed by atoms with E-state index >= 15 is 0 Å². The van der Waals surface area contributed by atoms with Crippen LogP contribution in [-0.4, -0.2) is 23.7 Å². The number of ether oxygens (including phenoxy) is 1. The van der Waals surface area contributed by atoms with Crippen LogP contribution in [0.25, 0.3) is 0 Å². The molecule has 1 aromatic rings. The topological polar surface area (TPSA) is 35.2 Å². The van der Waals surface area contributed by atoms with Crippen molar-refractivity contribution in [3.63, 3.8) is 0 Å². The van der Waals surface area contributed by atoms with Crippen molar-refractivity contribution >= 4 is 23.4 Å². The Labute approximate surface area is 118 Å². The fourth-order valence-electron chi connectivity index (χ4n) is 2.45. The molecule has 1 aromatic carbocycles. The van der Waals surface area contributed by atoms with Crippen molar-refractivity contribution in [3.8, 4) is 5.75 Å². The van der Waals surface area contributed by atoms with Gasteiger partial charge in [0.2, 0.25) is 0 Å². The molecule has 1 heterocycles. The number of halogens is 1. The summed E-state index contributed by atoms with van der Waals surface area (Å²) in [5.41, 5.74) is 7.50. The smallest absolute Gasteiger partial charge is 0.122 e. The maximum Gasteiger partial charge on any atom is 0.122 e. The van der Waals surface area contributed by atoms with Gasteiger partial charge in [-0.3, -0.25) is 0 Å². The molecule has 0 bridgehead atoms. The lowest BCUT2D eigenvalue weighted by Crippen LogP contribution is -2.42. The standard InChI is InChI=1S/C14H20ClNOS/c1-14(6-3-7-18-14)13(16)9-10-8-11(15)4-5-12(10)17-2/h4-5,8,13H,3,6-7,9,16H2,1-2H3. The van der Waals surface area contributed by atoms with E-state index in [4.69, 9.17) is 22.1 Å². The van der Waals surface area contributed by atoms with Gasteiger partial charge in [0.1, 0.15) is 5.75 Å². The molecule has 0 radical (unpaired) electrons. The van der Waals surface area contributed by atoms with Crippen molar-refractivity contribution in [2.24, 2.45) is 5.73 Å². The summed E-state index contributed by atoms with van der Waals surface area (Å²) in [6.07, 6.45) is 3.27. The lowest BCUT2D eigenvalue weighted by Gasteiger charge is -2.30. The molecular formula is C14H20ClNOS. The van der Waals surface area contributed by atoms with Crippen molar-refractivity contribution in [2.45, 2.75) is 37.0 Å². The Hall–Kier alpha value is -0.380. The summed E-state index contributed by atoms with van der Waals surface area (Å²) in [5, 5.41) is 0.738. The van der Waals surface area contributed by atoms with Crippen molar-refractivity contribution < 1.29 is 4.74 Å². The lowest BCUT2D eigenvalue weighted by molar-refractivity contribution is 0.403. The summed E-state index contributed by atoms with van der Waals surface area (Å²) >= 11 is 8.04. The summed E-state index contributed by atoms with van der Waals surface area (Å²) in [4.78, 5) is 0. The first-order valence-corrected chi connectivity index (χ1v) is 7.63. The second kappa shape index (κ2) is 5.72. The minimum atomic E-state index is 0.136. The molecule has 0 aromatic heterocycles. The van der Waals surface area contributed by atoms with Crippen LogP contribution in [0.2, 0.25) is 5.02 Å². The quantitative estimate of drug-likeness (QED) is 0.919. The van der Waals surface area contributed by atoms with Crippen LogP contribution < -0.4 is 10.5 Å². The molecule has 2 rings (SSSR count). The molecule has 4 heteroatoms. The molecule has 0 saturated carbocycles. The largest absolute Gasteiger partial charge is 0.496 e. The summed E-state index contributed by atoms with van der Waals surface area (Å²) in [7, 11) is 1.68. The van der Waals surface area contributed by atoms with Gasteiger partial charge in [-0.05, 0) is 55.7 Å². The second-order valence-electron chi connectivity index (χ2n) is 5.03. The molecule has 1 saturated heterocycles. The van der Waals surface area contributed by atoms with Crippen LogP contribution in [0.4, 0.5) is 0 Å². The first kappa shape index (κ1) is 14.0. The van der Waals surface area contributed by atoms with E-state index in [0.29, 0.717) is 0 Å². The van der Waals surface area contributed by atoms with Gasteiger partial charge < -0.3 is 10.5 Å². The zero-order valence-electron chi connectivity index (χ0n) is 10.9. The highest BCUT2D eigenvalue weighted by Crippen LogP contribution is 2.41. The van der Waals surface area contributed by atoms with E-state index in [1.165, 1.54) is 18.6 Å². The molecule has 2 nitrogen and oxygen atoms in total. The molecule has 2 atom stereocenters. The van der Waals surface area contributed by atoms with Crippen LogP contribution in [-0.2, 0) is 6.42 Å². The third-order valence-electron chi connectivity index (χ3n) is 3.72.